The van der Waals surface area contributed by atoms with E-state index in [1.165, 1.54) is 27.4 Å². The second-order valence-corrected chi connectivity index (χ2v) is 9.60. The number of rotatable bonds is 3. The van der Waals surface area contributed by atoms with E-state index < -0.39 is 0 Å². The number of hydrogen-bond donors (Lipinski definition) is 0. The number of nitrogens with zero attached hydrogens (tertiary/aromatic N) is 4. The van der Waals surface area contributed by atoms with E-state index >= 15 is 0 Å². The van der Waals surface area contributed by atoms with Gasteiger partial charge in [0.2, 0.25) is 0 Å². The summed E-state index contributed by atoms with van der Waals surface area (Å²) in [4.78, 5) is 10.0. The van der Waals surface area contributed by atoms with Crippen molar-refractivity contribution in [1.29, 1.82) is 0 Å². The van der Waals surface area contributed by atoms with Crippen LogP contribution >= 0.6 is 0 Å². The number of benzene rings is 4. The largest absolute Gasteiger partial charge is 0.327 e. The normalized spacial score (nSPS) is 11.9. The van der Waals surface area contributed by atoms with Crippen molar-refractivity contribution in [3.63, 3.8) is 0 Å². The molecule has 0 aliphatic heterocycles. The predicted molar refractivity (Wildman–Crippen MR) is 152 cm³/mol. The van der Waals surface area contributed by atoms with E-state index in [1.807, 2.05) is 12.1 Å². The summed E-state index contributed by atoms with van der Waals surface area (Å²) in [7, 11) is 2.08. The number of hydrogen-bond acceptors (Lipinski definition) is 2. The summed E-state index contributed by atoms with van der Waals surface area (Å²) >= 11 is 0. The fourth-order valence-corrected chi connectivity index (χ4v) is 5.72. The smallest absolute Gasteiger partial charge is 0.140 e. The van der Waals surface area contributed by atoms with Gasteiger partial charge in [-0.15, -0.1) is 0 Å². The molecule has 8 aromatic rings. The van der Waals surface area contributed by atoms with Crippen LogP contribution < -0.4 is 0 Å². The minimum absolute atomic E-state index is 0.978. The maximum atomic E-state index is 5.03. The van der Waals surface area contributed by atoms with Crippen LogP contribution in [0.1, 0.15) is 0 Å². The summed E-state index contributed by atoms with van der Waals surface area (Å²) in [5.74, 6) is 0.978. The fourth-order valence-electron chi connectivity index (χ4n) is 5.72. The van der Waals surface area contributed by atoms with Crippen LogP contribution in [-0.2, 0) is 7.05 Å². The van der Waals surface area contributed by atoms with Gasteiger partial charge in [-0.3, -0.25) is 4.40 Å². The van der Waals surface area contributed by atoms with E-state index in [4.69, 9.17) is 9.97 Å². The van der Waals surface area contributed by atoms with Crippen LogP contribution in [0.15, 0.2) is 115 Å². The Labute approximate surface area is 213 Å². The van der Waals surface area contributed by atoms with Crippen LogP contribution in [-0.4, -0.2) is 18.9 Å². The van der Waals surface area contributed by atoms with Gasteiger partial charge in [0.25, 0.3) is 0 Å². The molecule has 4 heterocycles. The first-order valence-electron chi connectivity index (χ1n) is 12.5. The van der Waals surface area contributed by atoms with Crippen molar-refractivity contribution < 1.29 is 0 Å². The van der Waals surface area contributed by atoms with Gasteiger partial charge in [-0.2, -0.15) is 0 Å². The molecule has 4 aromatic heterocycles. The Hall–Kier alpha value is -4.96. The summed E-state index contributed by atoms with van der Waals surface area (Å²) in [5, 5.41) is 2.46. The zero-order valence-electron chi connectivity index (χ0n) is 20.3. The van der Waals surface area contributed by atoms with Crippen LogP contribution in [0.25, 0.3) is 72.3 Å². The van der Waals surface area contributed by atoms with Crippen molar-refractivity contribution in [2.75, 3.05) is 0 Å². The van der Waals surface area contributed by atoms with Crippen LogP contribution in [0.4, 0.5) is 0 Å². The molecule has 4 aromatic carbocycles. The molecule has 0 aliphatic carbocycles. The van der Waals surface area contributed by atoms with Gasteiger partial charge in [-0.1, -0.05) is 84.9 Å². The van der Waals surface area contributed by atoms with Crippen molar-refractivity contribution in [2.24, 2.45) is 7.05 Å². The van der Waals surface area contributed by atoms with E-state index in [0.29, 0.717) is 0 Å². The molecule has 0 spiro atoms. The fraction of sp³-hybridized carbons (Fsp3) is 0.0303. The maximum absolute atomic E-state index is 5.03. The molecule has 4 heteroatoms. The second kappa shape index (κ2) is 7.52. The highest BCUT2D eigenvalue weighted by atomic mass is 15.1. The standard InChI is InChI=1S/C33H22N4/c1-36-29-18-16-24(20-27(29)34-33(36)22-11-6-3-7-12-22)23-15-17-25-26(19-23)32-31(21-9-4-2-5-10-21)35-30-14-8-13-28(25)37(30)32/h2-20H,1H3. The van der Waals surface area contributed by atoms with Gasteiger partial charge in [0.1, 0.15) is 11.5 Å². The van der Waals surface area contributed by atoms with Crippen molar-refractivity contribution in [2.45, 2.75) is 0 Å². The molecule has 0 N–H and O–H groups in total. The monoisotopic (exact) mass is 474 g/mol. The van der Waals surface area contributed by atoms with Crippen molar-refractivity contribution in [3.8, 4) is 33.8 Å². The lowest BCUT2D eigenvalue weighted by molar-refractivity contribution is 0.959. The molecule has 0 saturated heterocycles. The molecule has 0 atom stereocenters. The Morgan fingerprint density at radius 3 is 2.08 bits per heavy atom. The lowest BCUT2D eigenvalue weighted by atomic mass is 10.0. The molecule has 0 saturated carbocycles. The van der Waals surface area contributed by atoms with E-state index in [1.54, 1.807) is 0 Å². The van der Waals surface area contributed by atoms with E-state index in [9.17, 15) is 0 Å². The minimum atomic E-state index is 0.978. The van der Waals surface area contributed by atoms with Crippen molar-refractivity contribution in [3.05, 3.63) is 115 Å². The quantitative estimate of drug-likeness (QED) is 0.260. The van der Waals surface area contributed by atoms with Crippen LogP contribution in [0.2, 0.25) is 0 Å². The molecule has 0 unspecified atom stereocenters. The lowest BCUT2D eigenvalue weighted by Gasteiger charge is -2.04. The van der Waals surface area contributed by atoms with Gasteiger partial charge >= 0.3 is 0 Å². The molecule has 0 aliphatic rings. The van der Waals surface area contributed by atoms with Gasteiger partial charge in [-0.05, 0) is 41.5 Å². The third kappa shape index (κ3) is 2.90. The SMILES string of the molecule is Cn1c(-c2ccccc2)nc2cc(-c3ccc4c(c3)c3c(-c5ccccc5)nc5cccc4n53)ccc21. The van der Waals surface area contributed by atoms with Crippen LogP contribution in [0.5, 0.6) is 0 Å². The third-order valence-electron chi connectivity index (χ3n) is 7.49. The van der Waals surface area contributed by atoms with Gasteiger partial charge < -0.3 is 4.57 Å². The van der Waals surface area contributed by atoms with Crippen molar-refractivity contribution in [1.82, 2.24) is 18.9 Å². The summed E-state index contributed by atoms with van der Waals surface area (Å²) in [6.07, 6.45) is 0. The molecule has 8 rings (SSSR count). The Morgan fingerprint density at radius 2 is 1.27 bits per heavy atom. The third-order valence-corrected chi connectivity index (χ3v) is 7.49. The van der Waals surface area contributed by atoms with Crippen molar-refractivity contribution >= 4 is 38.5 Å². The highest BCUT2D eigenvalue weighted by Crippen LogP contribution is 2.39. The molecule has 0 fully saturated rings. The molecule has 37 heavy (non-hydrogen) atoms. The molecule has 0 amide bonds. The maximum Gasteiger partial charge on any atom is 0.140 e. The summed E-state index contributed by atoms with van der Waals surface area (Å²) < 4.78 is 4.47. The number of imidazole rings is 2. The number of aryl methyl sites for hydroxylation is 1. The average molecular weight is 475 g/mol. The average Bonchev–Trinajstić information content (AvgIpc) is 3.62. The van der Waals surface area contributed by atoms with E-state index in [2.05, 4.69) is 119 Å². The number of pyridine rings is 1. The number of fused-ring (bicyclic) bond motifs is 4. The molecule has 174 valence electrons. The summed E-state index contributed by atoms with van der Waals surface area (Å²) in [6, 6.07) is 40.6. The van der Waals surface area contributed by atoms with E-state index in [0.717, 1.165) is 44.9 Å². The highest BCUT2D eigenvalue weighted by Gasteiger charge is 2.19. The first-order valence-corrected chi connectivity index (χ1v) is 12.5. The van der Waals surface area contributed by atoms with Crippen LogP contribution in [0.3, 0.4) is 0 Å². The topological polar surface area (TPSA) is 35.1 Å². The molecule has 0 bridgehead atoms. The van der Waals surface area contributed by atoms with Gasteiger partial charge in [0.15, 0.2) is 0 Å². The predicted octanol–water partition coefficient (Wildman–Crippen LogP) is 7.97. The molecular weight excluding hydrogens is 452 g/mol. The molecule has 4 nitrogen and oxygen atoms in total. The molecular formula is C33H22N4. The van der Waals surface area contributed by atoms with Crippen LogP contribution in [0, 0.1) is 0 Å². The zero-order valence-corrected chi connectivity index (χ0v) is 20.3. The Kier molecular flexibility index (Phi) is 4.12. The first kappa shape index (κ1) is 20.3. The van der Waals surface area contributed by atoms with Gasteiger partial charge in [-0.25, -0.2) is 9.97 Å². The lowest BCUT2D eigenvalue weighted by Crippen LogP contribution is -1.91. The van der Waals surface area contributed by atoms with E-state index in [-0.39, 0.29) is 0 Å². The van der Waals surface area contributed by atoms with Gasteiger partial charge in [0, 0.05) is 28.9 Å². The first-order chi connectivity index (χ1) is 18.3. The zero-order chi connectivity index (χ0) is 24.5. The van der Waals surface area contributed by atoms with Gasteiger partial charge in [0.05, 0.1) is 27.8 Å². The Bertz CT molecular complexity index is 2080. The summed E-state index contributed by atoms with van der Waals surface area (Å²) in [6.45, 7) is 0. The Balaban J connectivity index is 1.35. The number of aromatic nitrogens is 4. The Morgan fingerprint density at radius 1 is 0.541 bits per heavy atom. The highest BCUT2D eigenvalue weighted by molar-refractivity contribution is 6.14. The summed E-state index contributed by atoms with van der Waals surface area (Å²) in [5.41, 5.74) is 11.1. The second-order valence-electron chi connectivity index (χ2n) is 9.60. The molecule has 0 radical (unpaired) electrons. The minimum Gasteiger partial charge on any atom is -0.327 e.